The monoisotopic (exact) mass is 286 g/mol. The average molecular weight is 286 g/mol. The zero-order valence-corrected chi connectivity index (χ0v) is 12.9. The van der Waals surface area contributed by atoms with E-state index >= 15 is 0 Å². The zero-order valence-electron chi connectivity index (χ0n) is 12.9. The van der Waals surface area contributed by atoms with Gasteiger partial charge in [0.2, 0.25) is 0 Å². The van der Waals surface area contributed by atoms with Gasteiger partial charge >= 0.3 is 6.09 Å². The van der Waals surface area contributed by atoms with Gasteiger partial charge in [-0.25, -0.2) is 4.79 Å². The molecule has 1 N–H and O–H groups in total. The van der Waals surface area contributed by atoms with E-state index in [9.17, 15) is 4.79 Å². The van der Waals surface area contributed by atoms with Gasteiger partial charge in [0.05, 0.1) is 25.8 Å². The number of nitrogens with one attached hydrogen (secondary N) is 1. The fourth-order valence-corrected chi connectivity index (χ4v) is 2.84. The number of likely N-dealkylation sites (tertiary alicyclic amines) is 1. The van der Waals surface area contributed by atoms with Crippen molar-refractivity contribution in [1.29, 1.82) is 0 Å². The van der Waals surface area contributed by atoms with Crippen molar-refractivity contribution in [1.82, 2.24) is 10.2 Å². The topological polar surface area (TPSA) is 60.0 Å². The summed E-state index contributed by atoms with van der Waals surface area (Å²) >= 11 is 0. The summed E-state index contributed by atoms with van der Waals surface area (Å²) in [5, 5.41) is 3.43. The molecular weight excluding hydrogens is 260 g/mol. The van der Waals surface area contributed by atoms with E-state index in [0.29, 0.717) is 26.3 Å². The maximum atomic E-state index is 12.1. The Balaban J connectivity index is 2.00. The Kier molecular flexibility index (Phi) is 4.56. The lowest BCUT2D eigenvalue weighted by atomic mass is 9.92. The molecule has 2 unspecified atom stereocenters. The van der Waals surface area contributed by atoms with E-state index in [0.717, 1.165) is 13.0 Å². The van der Waals surface area contributed by atoms with E-state index in [4.69, 9.17) is 14.2 Å². The van der Waals surface area contributed by atoms with E-state index in [2.05, 4.69) is 5.32 Å². The molecule has 1 spiro atoms. The molecule has 116 valence electrons. The number of carbonyl (C=O) groups excluding carboxylic acids is 1. The summed E-state index contributed by atoms with van der Waals surface area (Å²) in [5.74, 6) is 0. The van der Waals surface area contributed by atoms with E-state index in [-0.39, 0.29) is 17.7 Å². The van der Waals surface area contributed by atoms with Crippen LogP contribution in [0.1, 0.15) is 27.2 Å². The first kappa shape index (κ1) is 15.5. The molecule has 0 bridgehead atoms. The Morgan fingerprint density at radius 2 is 2.25 bits per heavy atom. The van der Waals surface area contributed by atoms with Crippen molar-refractivity contribution >= 4 is 6.09 Å². The minimum Gasteiger partial charge on any atom is -0.444 e. The molecule has 6 nitrogen and oxygen atoms in total. The zero-order chi connectivity index (χ0) is 14.8. The first-order chi connectivity index (χ1) is 9.36. The second kappa shape index (κ2) is 5.87. The van der Waals surface area contributed by atoms with Crippen molar-refractivity contribution in [2.24, 2.45) is 0 Å². The molecule has 2 saturated heterocycles. The third-order valence-electron chi connectivity index (χ3n) is 3.77. The Labute approximate surface area is 120 Å². The number of amides is 1. The van der Waals surface area contributed by atoms with Crippen LogP contribution in [-0.4, -0.2) is 68.2 Å². The van der Waals surface area contributed by atoms with E-state index in [1.54, 1.807) is 12.0 Å². The van der Waals surface area contributed by atoms with Gasteiger partial charge in [-0.2, -0.15) is 0 Å². The highest BCUT2D eigenvalue weighted by Crippen LogP contribution is 2.32. The van der Waals surface area contributed by atoms with Crippen LogP contribution in [0.25, 0.3) is 0 Å². The molecule has 6 heteroatoms. The van der Waals surface area contributed by atoms with Crippen LogP contribution in [0.15, 0.2) is 0 Å². The Hall–Kier alpha value is -0.850. The number of nitrogens with zero attached hydrogens (tertiary/aromatic N) is 1. The Morgan fingerprint density at radius 3 is 2.90 bits per heavy atom. The van der Waals surface area contributed by atoms with Gasteiger partial charge in [0.15, 0.2) is 0 Å². The second-order valence-corrected chi connectivity index (χ2v) is 6.53. The number of hydrogen-bond donors (Lipinski definition) is 1. The summed E-state index contributed by atoms with van der Waals surface area (Å²) in [6.07, 6.45) is 0.549. The standard InChI is InChI=1S/C14H26N2O4/c1-13(2,3)20-12(17)16-7-5-14(10-16)11(9-18-4)15-6-8-19-14/h11,15H,5-10H2,1-4H3. The Bertz CT molecular complexity index is 354. The van der Waals surface area contributed by atoms with Crippen LogP contribution in [-0.2, 0) is 14.2 Å². The smallest absolute Gasteiger partial charge is 0.410 e. The fraction of sp³-hybridized carbons (Fsp3) is 0.929. The summed E-state index contributed by atoms with van der Waals surface area (Å²) < 4.78 is 16.7. The van der Waals surface area contributed by atoms with Crippen molar-refractivity contribution in [3.8, 4) is 0 Å². The second-order valence-electron chi connectivity index (χ2n) is 6.53. The number of ether oxygens (including phenoxy) is 3. The summed E-state index contributed by atoms with van der Waals surface area (Å²) in [7, 11) is 1.69. The van der Waals surface area contributed by atoms with Crippen LogP contribution >= 0.6 is 0 Å². The highest BCUT2D eigenvalue weighted by molar-refractivity contribution is 5.68. The van der Waals surface area contributed by atoms with Gasteiger partial charge in [-0.15, -0.1) is 0 Å². The molecule has 2 atom stereocenters. The average Bonchev–Trinajstić information content (AvgIpc) is 2.76. The van der Waals surface area contributed by atoms with Gasteiger partial charge in [-0.3, -0.25) is 0 Å². The molecule has 0 aromatic carbocycles. The lowest BCUT2D eigenvalue weighted by molar-refractivity contribution is -0.102. The van der Waals surface area contributed by atoms with Crippen molar-refractivity contribution in [2.45, 2.75) is 44.4 Å². The largest absolute Gasteiger partial charge is 0.444 e. The van der Waals surface area contributed by atoms with Gasteiger partial charge in [0, 0.05) is 20.2 Å². The molecule has 1 amide bonds. The lowest BCUT2D eigenvalue weighted by Gasteiger charge is -2.41. The van der Waals surface area contributed by atoms with Crippen molar-refractivity contribution in [2.75, 3.05) is 40.0 Å². The molecule has 0 radical (unpaired) electrons. The van der Waals surface area contributed by atoms with Crippen LogP contribution < -0.4 is 5.32 Å². The number of hydrogen-bond acceptors (Lipinski definition) is 5. The molecule has 2 aliphatic rings. The summed E-state index contributed by atoms with van der Waals surface area (Å²) in [5.41, 5.74) is -0.810. The molecule has 0 aliphatic carbocycles. The summed E-state index contributed by atoms with van der Waals surface area (Å²) in [6.45, 7) is 8.93. The lowest BCUT2D eigenvalue weighted by Crippen LogP contribution is -2.61. The van der Waals surface area contributed by atoms with Crippen LogP contribution in [0, 0.1) is 0 Å². The minimum absolute atomic E-state index is 0.119. The predicted molar refractivity (Wildman–Crippen MR) is 74.8 cm³/mol. The number of carbonyl (C=O) groups is 1. The highest BCUT2D eigenvalue weighted by Gasteiger charge is 2.49. The van der Waals surface area contributed by atoms with Gasteiger partial charge in [0.1, 0.15) is 11.2 Å². The van der Waals surface area contributed by atoms with Crippen LogP contribution in [0.5, 0.6) is 0 Å². The van der Waals surface area contributed by atoms with Crippen LogP contribution in [0.3, 0.4) is 0 Å². The molecule has 2 rings (SSSR count). The van der Waals surface area contributed by atoms with Gasteiger partial charge in [-0.05, 0) is 27.2 Å². The number of methoxy groups -OCH3 is 1. The molecule has 2 fully saturated rings. The molecule has 20 heavy (non-hydrogen) atoms. The van der Waals surface area contributed by atoms with Crippen LogP contribution in [0.4, 0.5) is 4.79 Å². The van der Waals surface area contributed by atoms with Crippen molar-refractivity contribution < 1.29 is 19.0 Å². The van der Waals surface area contributed by atoms with Crippen molar-refractivity contribution in [3.05, 3.63) is 0 Å². The number of rotatable bonds is 2. The summed E-state index contributed by atoms with van der Waals surface area (Å²) in [6, 6.07) is 0.119. The minimum atomic E-state index is -0.468. The maximum absolute atomic E-state index is 12.1. The molecular formula is C14H26N2O4. The van der Waals surface area contributed by atoms with Crippen LogP contribution in [0.2, 0.25) is 0 Å². The molecule has 0 saturated carbocycles. The van der Waals surface area contributed by atoms with E-state index < -0.39 is 5.60 Å². The molecule has 2 aliphatic heterocycles. The molecule has 0 aromatic heterocycles. The van der Waals surface area contributed by atoms with Crippen molar-refractivity contribution in [3.63, 3.8) is 0 Å². The first-order valence-corrected chi connectivity index (χ1v) is 7.20. The fourth-order valence-electron chi connectivity index (χ4n) is 2.84. The van der Waals surface area contributed by atoms with E-state index in [1.165, 1.54) is 0 Å². The quantitative estimate of drug-likeness (QED) is 0.820. The van der Waals surface area contributed by atoms with Gasteiger partial charge in [0.25, 0.3) is 0 Å². The van der Waals surface area contributed by atoms with Gasteiger partial charge < -0.3 is 24.4 Å². The highest BCUT2D eigenvalue weighted by atomic mass is 16.6. The maximum Gasteiger partial charge on any atom is 0.410 e. The SMILES string of the molecule is COCC1NCCOC12CCN(C(=O)OC(C)(C)C)C2. The van der Waals surface area contributed by atoms with Gasteiger partial charge in [-0.1, -0.05) is 0 Å². The molecule has 0 aromatic rings. The number of morpholine rings is 1. The normalized spacial score (nSPS) is 30.8. The Morgan fingerprint density at radius 1 is 1.50 bits per heavy atom. The summed E-state index contributed by atoms with van der Waals surface area (Å²) in [4.78, 5) is 13.9. The van der Waals surface area contributed by atoms with E-state index in [1.807, 2.05) is 20.8 Å². The molecule has 2 heterocycles. The predicted octanol–water partition coefficient (Wildman–Crippen LogP) is 1.00. The third-order valence-corrected chi connectivity index (χ3v) is 3.77. The first-order valence-electron chi connectivity index (χ1n) is 7.20. The third kappa shape index (κ3) is 3.42.